The Bertz CT molecular complexity index is 1310. The van der Waals surface area contributed by atoms with E-state index < -0.39 is 23.9 Å². The number of aliphatic hydroxyl groups excluding tert-OH is 2. The van der Waals surface area contributed by atoms with Crippen molar-refractivity contribution >= 4 is 5.91 Å². The summed E-state index contributed by atoms with van der Waals surface area (Å²) in [6.45, 7) is 17.1. The molecule has 0 aromatic carbocycles. The third-order valence-corrected chi connectivity index (χ3v) is 17.7. The number of rotatable bonds is 6. The third kappa shape index (κ3) is 5.06. The van der Waals surface area contributed by atoms with Crippen molar-refractivity contribution in [3.05, 3.63) is 0 Å². The first-order chi connectivity index (χ1) is 23.5. The van der Waals surface area contributed by atoms with Crippen molar-refractivity contribution in [2.45, 2.75) is 181 Å². The molecule has 2 heterocycles. The van der Waals surface area contributed by atoms with Crippen LogP contribution in [0.2, 0.25) is 0 Å². The Hall–Kier alpha value is -0.770. The number of hydrogen-bond donors (Lipinski definition) is 3. The molecule has 8 rings (SSSR count). The van der Waals surface area contributed by atoms with E-state index in [-0.39, 0.29) is 52.0 Å². The van der Waals surface area contributed by atoms with Crippen LogP contribution in [-0.4, -0.2) is 88.2 Å². The molecular weight excluding hydrogens is 630 g/mol. The summed E-state index contributed by atoms with van der Waals surface area (Å²) >= 11 is 0. The Morgan fingerprint density at radius 3 is 2.40 bits per heavy atom. The summed E-state index contributed by atoms with van der Waals surface area (Å²) in [5.74, 6) is 2.36. The van der Waals surface area contributed by atoms with E-state index in [1.165, 1.54) is 51.4 Å². The van der Waals surface area contributed by atoms with Crippen molar-refractivity contribution in [3.8, 4) is 0 Å². The van der Waals surface area contributed by atoms with Crippen molar-refractivity contribution in [2.75, 3.05) is 19.7 Å². The van der Waals surface area contributed by atoms with Crippen LogP contribution in [0.4, 0.5) is 0 Å². The van der Waals surface area contributed by atoms with Crippen molar-refractivity contribution in [2.24, 2.45) is 56.7 Å². The first kappa shape index (κ1) is 36.2. The van der Waals surface area contributed by atoms with Gasteiger partial charge in [-0.3, -0.25) is 4.79 Å². The summed E-state index contributed by atoms with van der Waals surface area (Å²) in [4.78, 5) is 15.3. The van der Waals surface area contributed by atoms with Gasteiger partial charge in [-0.25, -0.2) is 0 Å². The lowest BCUT2D eigenvalue weighted by molar-refractivity contribution is -0.248. The fourth-order valence-corrected chi connectivity index (χ4v) is 15.1. The van der Waals surface area contributed by atoms with E-state index >= 15 is 0 Å². The monoisotopic (exact) mass is 700 g/mol. The van der Waals surface area contributed by atoms with Crippen LogP contribution in [0.25, 0.3) is 0 Å². The minimum absolute atomic E-state index is 0.00746. The Morgan fingerprint density at radius 2 is 1.68 bits per heavy atom. The van der Waals surface area contributed by atoms with Gasteiger partial charge in [-0.2, -0.15) is 0 Å². The van der Waals surface area contributed by atoms with Crippen LogP contribution in [0, 0.1) is 56.7 Å². The molecule has 3 N–H and O–H groups in total. The van der Waals surface area contributed by atoms with E-state index in [1.54, 1.807) is 13.8 Å². The average Bonchev–Trinajstić information content (AvgIpc) is 3.70. The number of aliphatic hydroxyl groups is 3. The standard InChI is InChI=1S/C42H69NO7/c1-25-21-27(35(45)38(4,5)47)49-34-33(25)39(6)17-18-42-24-41(42)16-15-30(37(2,3)28(41)13-14-29(42)40(39,7)36(34)46)50-32-23-43(19-20-48-32)31(44)22-26-11-9-8-10-12-26/h25-30,32-36,45-47H,8-24H2,1-7H3/t25-,27?,28?,29+,30+,32?,33?,34?,35+,36+,39-,40?,41-,42?/m1/s1. The maximum Gasteiger partial charge on any atom is 0.223 e. The predicted molar refractivity (Wildman–Crippen MR) is 191 cm³/mol. The van der Waals surface area contributed by atoms with Gasteiger partial charge in [0.15, 0.2) is 6.29 Å². The highest BCUT2D eigenvalue weighted by atomic mass is 16.7. The maximum absolute atomic E-state index is 13.3. The largest absolute Gasteiger partial charge is 0.390 e. The number of nitrogens with zero attached hydrogens (tertiary/aromatic N) is 1. The first-order valence-electron chi connectivity index (χ1n) is 20.8. The molecule has 14 atom stereocenters. The van der Waals surface area contributed by atoms with Crippen molar-refractivity contribution in [1.82, 2.24) is 4.90 Å². The smallest absolute Gasteiger partial charge is 0.223 e. The van der Waals surface area contributed by atoms with Crippen molar-refractivity contribution < 1.29 is 34.3 Å². The molecule has 6 saturated carbocycles. The molecule has 8 nitrogen and oxygen atoms in total. The minimum Gasteiger partial charge on any atom is -0.390 e. The summed E-state index contributed by atoms with van der Waals surface area (Å²) in [7, 11) is 0. The molecule has 2 aliphatic heterocycles. The molecule has 0 bridgehead atoms. The van der Waals surface area contributed by atoms with E-state index in [2.05, 4.69) is 34.6 Å². The zero-order valence-corrected chi connectivity index (χ0v) is 32.3. The molecule has 8 heteroatoms. The topological polar surface area (TPSA) is 109 Å². The molecule has 1 amide bonds. The molecule has 0 radical (unpaired) electrons. The zero-order valence-electron chi connectivity index (χ0n) is 32.3. The van der Waals surface area contributed by atoms with Gasteiger partial charge in [0.1, 0.15) is 6.10 Å². The Balaban J connectivity index is 0.974. The van der Waals surface area contributed by atoms with Crippen LogP contribution in [0.5, 0.6) is 0 Å². The number of carbonyl (C=O) groups excluding carboxylic acids is 1. The van der Waals surface area contributed by atoms with Gasteiger partial charge >= 0.3 is 0 Å². The molecule has 0 aromatic rings. The van der Waals surface area contributed by atoms with Crippen LogP contribution >= 0.6 is 0 Å². The number of fused-ring (bicyclic) bond motifs is 4. The second-order valence-electron chi connectivity index (χ2n) is 20.6. The van der Waals surface area contributed by atoms with Gasteiger partial charge < -0.3 is 34.4 Å². The molecule has 284 valence electrons. The molecule has 8 fully saturated rings. The van der Waals surface area contributed by atoms with Crippen LogP contribution in [0.3, 0.4) is 0 Å². The summed E-state index contributed by atoms with van der Waals surface area (Å²) in [6.07, 6.45) is 13.0. The quantitative estimate of drug-likeness (QED) is 0.292. The summed E-state index contributed by atoms with van der Waals surface area (Å²) in [6, 6.07) is 0. The van der Waals surface area contributed by atoms with E-state index in [9.17, 15) is 20.1 Å². The maximum atomic E-state index is 13.3. The van der Waals surface area contributed by atoms with E-state index in [0.717, 1.165) is 25.7 Å². The first-order valence-corrected chi connectivity index (χ1v) is 20.8. The molecular formula is C42H69NO7. The number of hydrogen-bond acceptors (Lipinski definition) is 7. The molecule has 7 unspecified atom stereocenters. The second kappa shape index (κ2) is 12.1. The second-order valence-corrected chi connectivity index (χ2v) is 20.6. The lowest BCUT2D eigenvalue weighted by Gasteiger charge is -2.64. The molecule has 0 aromatic heterocycles. The van der Waals surface area contributed by atoms with Gasteiger partial charge in [-0.1, -0.05) is 53.9 Å². The number of morpholine rings is 1. The zero-order chi connectivity index (χ0) is 35.6. The highest BCUT2D eigenvalue weighted by Crippen LogP contribution is 2.89. The Morgan fingerprint density at radius 1 is 0.980 bits per heavy atom. The van der Waals surface area contributed by atoms with Gasteiger partial charge in [0.2, 0.25) is 5.91 Å². The number of carbonyl (C=O) groups is 1. The average molecular weight is 700 g/mol. The summed E-state index contributed by atoms with van der Waals surface area (Å²) in [5.41, 5.74) is -1.03. The molecule has 2 spiro atoms. The van der Waals surface area contributed by atoms with Gasteiger partial charge in [0.05, 0.1) is 43.2 Å². The van der Waals surface area contributed by atoms with E-state index in [1.807, 2.05) is 4.90 Å². The summed E-state index contributed by atoms with van der Waals surface area (Å²) in [5, 5.41) is 34.2. The molecule has 2 saturated heterocycles. The molecule has 50 heavy (non-hydrogen) atoms. The highest BCUT2D eigenvalue weighted by Gasteiger charge is 2.84. The lowest BCUT2D eigenvalue weighted by Crippen LogP contribution is -2.60. The highest BCUT2D eigenvalue weighted by molar-refractivity contribution is 5.76. The normalized spacial score (nSPS) is 50.7. The minimum atomic E-state index is -1.26. The Labute approximate surface area is 301 Å². The SMILES string of the molecule is C[C@@H]1CC([C@H](O)C(C)(C)O)OC2C1[C@@]1(C)CCC34C[C@@]35CC[C@H](OC3CN(C(=O)CC6CCCCC6)CCO3)C(C)(C)C5CC[C@H]4C1(C)[C@H]2O. The van der Waals surface area contributed by atoms with Crippen LogP contribution in [-0.2, 0) is 19.0 Å². The fraction of sp³-hybridized carbons (Fsp3) is 0.976. The molecule has 8 aliphatic rings. The van der Waals surface area contributed by atoms with Gasteiger partial charge in [-0.05, 0) is 129 Å². The predicted octanol–water partition coefficient (Wildman–Crippen LogP) is 6.47. The summed E-state index contributed by atoms with van der Waals surface area (Å²) < 4.78 is 19.8. The van der Waals surface area contributed by atoms with Gasteiger partial charge in [-0.15, -0.1) is 0 Å². The number of ether oxygens (including phenoxy) is 3. The van der Waals surface area contributed by atoms with Crippen molar-refractivity contribution in [3.63, 3.8) is 0 Å². The fourth-order valence-electron chi connectivity index (χ4n) is 15.1. The third-order valence-electron chi connectivity index (χ3n) is 17.7. The van der Waals surface area contributed by atoms with Gasteiger partial charge in [0, 0.05) is 18.4 Å². The Kier molecular flexibility index (Phi) is 8.78. The van der Waals surface area contributed by atoms with Crippen LogP contribution in [0.15, 0.2) is 0 Å². The van der Waals surface area contributed by atoms with Gasteiger partial charge in [0.25, 0.3) is 0 Å². The lowest BCUT2D eigenvalue weighted by atomic mass is 9.41. The van der Waals surface area contributed by atoms with Crippen LogP contribution in [0.1, 0.15) is 138 Å². The van der Waals surface area contributed by atoms with E-state index in [4.69, 9.17) is 14.2 Å². The number of amides is 1. The van der Waals surface area contributed by atoms with Crippen molar-refractivity contribution in [1.29, 1.82) is 0 Å². The molecule has 6 aliphatic carbocycles. The van der Waals surface area contributed by atoms with E-state index in [0.29, 0.717) is 61.6 Å². The van der Waals surface area contributed by atoms with Crippen LogP contribution < -0.4 is 0 Å².